The number of carbonyl (C=O) groups excluding carboxylic acids is 1. The fraction of sp³-hybridized carbons (Fsp3) is 0.417. The quantitative estimate of drug-likeness (QED) is 0.386. The molecule has 0 saturated carbocycles. The van der Waals surface area contributed by atoms with E-state index in [0.29, 0.717) is 0 Å². The van der Waals surface area contributed by atoms with Gasteiger partial charge in [0.05, 0.1) is 15.4 Å². The Labute approximate surface area is 133 Å². The number of nitro benzene ring substituents is 2. The second-order valence-corrected chi connectivity index (χ2v) is 5.80. The first kappa shape index (κ1) is 19.3. The Kier molecular flexibility index (Phi) is 4.85. The number of hydrogen-bond acceptors (Lipinski definition) is 6. The van der Waals surface area contributed by atoms with E-state index < -0.39 is 50.0 Å². The number of nitro groups is 2. The summed E-state index contributed by atoms with van der Waals surface area (Å²) in [6.45, 7) is 4.16. The molecule has 0 fully saturated rings. The van der Waals surface area contributed by atoms with Crippen LogP contribution in [0.4, 0.5) is 30.2 Å². The SMILES string of the molecule is CC(C)(C)C(=O)N(N)c1c([N+](=O)[O-])cc(C(F)(F)F)cc1[N+](=O)[O-]. The average Bonchev–Trinajstić information content (AvgIpc) is 2.41. The molecule has 0 spiro atoms. The van der Waals surface area contributed by atoms with Gasteiger partial charge < -0.3 is 0 Å². The van der Waals surface area contributed by atoms with Gasteiger partial charge in [-0.1, -0.05) is 20.8 Å². The lowest BCUT2D eigenvalue weighted by atomic mass is 9.95. The summed E-state index contributed by atoms with van der Waals surface area (Å²) in [5.74, 6) is 4.50. The summed E-state index contributed by atoms with van der Waals surface area (Å²) in [5.41, 5.74) is -6.38. The summed E-state index contributed by atoms with van der Waals surface area (Å²) >= 11 is 0. The Hall–Kier alpha value is -2.76. The summed E-state index contributed by atoms with van der Waals surface area (Å²) < 4.78 is 38.4. The van der Waals surface area contributed by atoms with Crippen LogP contribution in [-0.2, 0) is 11.0 Å². The van der Waals surface area contributed by atoms with Gasteiger partial charge in [-0.2, -0.15) is 13.2 Å². The maximum Gasteiger partial charge on any atom is 0.416 e. The first-order chi connectivity index (χ1) is 10.7. The van der Waals surface area contributed by atoms with Crippen LogP contribution in [0.1, 0.15) is 26.3 Å². The Morgan fingerprint density at radius 3 is 1.71 bits per heavy atom. The molecule has 12 heteroatoms. The van der Waals surface area contributed by atoms with Crippen molar-refractivity contribution in [2.75, 3.05) is 5.01 Å². The zero-order valence-electron chi connectivity index (χ0n) is 12.7. The van der Waals surface area contributed by atoms with E-state index in [4.69, 9.17) is 5.84 Å². The minimum Gasteiger partial charge on any atom is -0.272 e. The molecule has 132 valence electrons. The summed E-state index contributed by atoms with van der Waals surface area (Å²) in [5, 5.41) is 22.3. The van der Waals surface area contributed by atoms with E-state index in [9.17, 15) is 38.2 Å². The number of alkyl halides is 3. The maximum absolute atomic E-state index is 12.8. The topological polar surface area (TPSA) is 133 Å². The first-order valence-electron chi connectivity index (χ1n) is 6.31. The highest BCUT2D eigenvalue weighted by atomic mass is 19.4. The van der Waals surface area contributed by atoms with E-state index >= 15 is 0 Å². The molecular weight excluding hydrogens is 337 g/mol. The van der Waals surface area contributed by atoms with Gasteiger partial charge in [0.2, 0.25) is 11.6 Å². The molecule has 1 aromatic rings. The van der Waals surface area contributed by atoms with Gasteiger partial charge in [0.15, 0.2) is 0 Å². The Morgan fingerprint density at radius 1 is 1.08 bits per heavy atom. The Morgan fingerprint density at radius 2 is 1.46 bits per heavy atom. The molecule has 24 heavy (non-hydrogen) atoms. The number of hydrogen-bond donors (Lipinski definition) is 1. The van der Waals surface area contributed by atoms with Crippen LogP contribution in [0.2, 0.25) is 0 Å². The lowest BCUT2D eigenvalue weighted by Crippen LogP contribution is -2.45. The van der Waals surface area contributed by atoms with Crippen molar-refractivity contribution in [2.24, 2.45) is 11.3 Å². The zero-order chi connectivity index (χ0) is 19.0. The molecule has 0 atom stereocenters. The van der Waals surface area contributed by atoms with Crippen molar-refractivity contribution >= 4 is 23.0 Å². The van der Waals surface area contributed by atoms with Gasteiger partial charge in [-0.15, -0.1) is 0 Å². The van der Waals surface area contributed by atoms with Gasteiger partial charge in [0.1, 0.15) is 0 Å². The van der Waals surface area contributed by atoms with Crippen molar-refractivity contribution < 1.29 is 27.8 Å². The molecular formula is C12H13F3N4O5. The van der Waals surface area contributed by atoms with Crippen molar-refractivity contribution in [1.82, 2.24) is 0 Å². The van der Waals surface area contributed by atoms with E-state index in [1.165, 1.54) is 20.8 Å². The standard InChI is InChI=1S/C12H13F3N4O5/c1-11(2,3)10(20)17(16)9-7(18(21)22)4-6(12(13,14)15)5-8(9)19(23)24/h4-5H,16H2,1-3H3. The number of halogens is 3. The highest BCUT2D eigenvalue weighted by molar-refractivity contribution is 6.00. The fourth-order valence-corrected chi connectivity index (χ4v) is 1.76. The third-order valence-corrected chi connectivity index (χ3v) is 2.89. The van der Waals surface area contributed by atoms with Gasteiger partial charge >= 0.3 is 17.6 Å². The number of nitrogens with zero attached hydrogens (tertiary/aromatic N) is 3. The molecule has 0 bridgehead atoms. The summed E-state index contributed by atoms with van der Waals surface area (Å²) in [6.07, 6.45) is -5.05. The van der Waals surface area contributed by atoms with Gasteiger partial charge in [-0.3, -0.25) is 25.0 Å². The van der Waals surface area contributed by atoms with Crippen molar-refractivity contribution in [1.29, 1.82) is 0 Å². The van der Waals surface area contributed by atoms with Gasteiger partial charge in [-0.25, -0.2) is 10.9 Å². The maximum atomic E-state index is 12.8. The van der Waals surface area contributed by atoms with Crippen molar-refractivity contribution in [3.63, 3.8) is 0 Å². The average molecular weight is 350 g/mol. The van der Waals surface area contributed by atoms with E-state index in [2.05, 4.69) is 0 Å². The fourth-order valence-electron chi connectivity index (χ4n) is 1.76. The number of rotatable bonds is 3. The summed E-state index contributed by atoms with van der Waals surface area (Å²) in [7, 11) is 0. The minimum atomic E-state index is -5.05. The zero-order valence-corrected chi connectivity index (χ0v) is 12.7. The molecule has 0 aromatic heterocycles. The molecule has 2 N–H and O–H groups in total. The minimum absolute atomic E-state index is 0.0954. The molecule has 0 aliphatic heterocycles. The van der Waals surface area contributed by atoms with Crippen LogP contribution in [0.15, 0.2) is 12.1 Å². The first-order valence-corrected chi connectivity index (χ1v) is 6.31. The highest BCUT2D eigenvalue weighted by Crippen LogP contribution is 2.43. The number of nitrogens with two attached hydrogens (primary N) is 1. The summed E-state index contributed by atoms with van der Waals surface area (Å²) in [4.78, 5) is 31.7. The van der Waals surface area contributed by atoms with E-state index in [0.717, 1.165) is 0 Å². The monoisotopic (exact) mass is 350 g/mol. The van der Waals surface area contributed by atoms with Crippen LogP contribution in [0.25, 0.3) is 0 Å². The van der Waals surface area contributed by atoms with E-state index in [-0.39, 0.29) is 17.1 Å². The van der Waals surface area contributed by atoms with Crippen LogP contribution in [0.5, 0.6) is 0 Å². The Bertz CT molecular complexity index is 677. The predicted octanol–water partition coefficient (Wildman–Crippen LogP) is 2.77. The van der Waals surface area contributed by atoms with Gasteiger partial charge in [-0.05, 0) is 0 Å². The van der Waals surface area contributed by atoms with Crippen LogP contribution in [-0.4, -0.2) is 15.8 Å². The molecule has 1 rings (SSSR count). The number of amides is 1. The van der Waals surface area contributed by atoms with E-state index in [1.54, 1.807) is 0 Å². The lowest BCUT2D eigenvalue weighted by molar-refractivity contribution is -0.393. The molecule has 9 nitrogen and oxygen atoms in total. The van der Waals surface area contributed by atoms with Crippen molar-refractivity contribution in [2.45, 2.75) is 26.9 Å². The predicted molar refractivity (Wildman–Crippen MR) is 75.9 cm³/mol. The molecule has 0 heterocycles. The molecule has 0 unspecified atom stereocenters. The highest BCUT2D eigenvalue weighted by Gasteiger charge is 2.41. The van der Waals surface area contributed by atoms with Crippen LogP contribution in [0.3, 0.4) is 0 Å². The van der Waals surface area contributed by atoms with Crippen LogP contribution < -0.4 is 10.9 Å². The second-order valence-electron chi connectivity index (χ2n) is 5.80. The van der Waals surface area contributed by atoms with Gasteiger partial charge in [0.25, 0.3) is 0 Å². The van der Waals surface area contributed by atoms with Crippen LogP contribution >= 0.6 is 0 Å². The molecule has 1 aromatic carbocycles. The van der Waals surface area contributed by atoms with E-state index in [1.807, 2.05) is 0 Å². The van der Waals surface area contributed by atoms with Crippen LogP contribution in [0, 0.1) is 25.6 Å². The summed E-state index contributed by atoms with van der Waals surface area (Å²) in [6, 6.07) is 0.191. The second kappa shape index (κ2) is 6.03. The number of hydrazine groups is 1. The van der Waals surface area contributed by atoms with Gasteiger partial charge in [0, 0.05) is 17.5 Å². The number of carbonyl (C=O) groups is 1. The normalized spacial score (nSPS) is 12.0. The molecule has 0 aliphatic carbocycles. The third-order valence-electron chi connectivity index (χ3n) is 2.89. The molecule has 0 aliphatic rings. The number of benzene rings is 1. The number of anilines is 1. The molecule has 0 radical (unpaired) electrons. The largest absolute Gasteiger partial charge is 0.416 e. The lowest BCUT2D eigenvalue weighted by Gasteiger charge is -2.25. The third kappa shape index (κ3) is 3.76. The molecule has 0 saturated heterocycles. The smallest absolute Gasteiger partial charge is 0.272 e. The Balaban J connectivity index is 3.78. The molecule has 1 amide bonds. The van der Waals surface area contributed by atoms with Crippen molar-refractivity contribution in [3.05, 3.63) is 37.9 Å². The van der Waals surface area contributed by atoms with Crippen molar-refractivity contribution in [3.8, 4) is 0 Å².